The Kier molecular flexibility index (Phi) is 6.22. The van der Waals surface area contributed by atoms with E-state index in [4.69, 9.17) is 4.98 Å². The van der Waals surface area contributed by atoms with Crippen LogP contribution in [0.15, 0.2) is 53.9 Å². The van der Waals surface area contributed by atoms with Gasteiger partial charge in [0.2, 0.25) is 5.91 Å². The largest absolute Gasteiger partial charge is 0.326 e. The Labute approximate surface area is 184 Å². The monoisotopic (exact) mass is 436 g/mol. The standard InChI is InChI=1S/C23H24N4OS2/c1-15-8-10-17(11-9-15)24-21(28)12-22-25-18(14-29-22)13-27(3)16(2)23-26-19-6-4-5-7-20(19)30-23/h4-11,14,16H,12-13H2,1-3H3,(H,24,28)/t16-/m0/s1. The molecule has 0 radical (unpaired) electrons. The van der Waals surface area contributed by atoms with E-state index in [0.717, 1.165) is 26.9 Å². The molecule has 2 aromatic carbocycles. The number of fused-ring (bicyclic) bond motifs is 1. The molecule has 30 heavy (non-hydrogen) atoms. The van der Waals surface area contributed by atoms with Gasteiger partial charge in [-0.3, -0.25) is 9.69 Å². The van der Waals surface area contributed by atoms with Crippen LogP contribution in [0.5, 0.6) is 0 Å². The van der Waals surface area contributed by atoms with Gasteiger partial charge in [0, 0.05) is 17.6 Å². The molecule has 1 atom stereocenters. The topological polar surface area (TPSA) is 58.1 Å². The van der Waals surface area contributed by atoms with Gasteiger partial charge in [-0.2, -0.15) is 0 Å². The normalized spacial score (nSPS) is 12.4. The van der Waals surface area contributed by atoms with E-state index >= 15 is 0 Å². The Bertz CT molecular complexity index is 1120. The van der Waals surface area contributed by atoms with Crippen LogP contribution >= 0.6 is 22.7 Å². The molecule has 0 unspecified atom stereocenters. The maximum atomic E-state index is 12.3. The van der Waals surface area contributed by atoms with Crippen molar-refractivity contribution in [1.29, 1.82) is 0 Å². The third-order valence-electron chi connectivity index (χ3n) is 4.99. The van der Waals surface area contributed by atoms with E-state index in [1.807, 2.05) is 48.7 Å². The van der Waals surface area contributed by atoms with Crippen LogP contribution in [0.4, 0.5) is 5.69 Å². The Morgan fingerprint density at radius 3 is 2.67 bits per heavy atom. The molecule has 154 valence electrons. The van der Waals surface area contributed by atoms with E-state index in [-0.39, 0.29) is 18.4 Å². The molecule has 1 N–H and O–H groups in total. The van der Waals surface area contributed by atoms with Gasteiger partial charge in [0.05, 0.1) is 28.4 Å². The molecule has 5 nitrogen and oxygen atoms in total. The number of thiazole rings is 2. The summed E-state index contributed by atoms with van der Waals surface area (Å²) < 4.78 is 1.21. The SMILES string of the molecule is Cc1ccc(NC(=O)Cc2nc(CN(C)[C@@H](C)c3nc4ccccc4s3)cs2)cc1. The summed E-state index contributed by atoms with van der Waals surface area (Å²) >= 11 is 3.27. The lowest BCUT2D eigenvalue weighted by Crippen LogP contribution is -2.22. The summed E-state index contributed by atoms with van der Waals surface area (Å²) in [6.07, 6.45) is 0.287. The minimum atomic E-state index is -0.0454. The lowest BCUT2D eigenvalue weighted by molar-refractivity contribution is -0.115. The average molecular weight is 437 g/mol. The Hall–Kier alpha value is -2.61. The van der Waals surface area contributed by atoms with Crippen molar-refractivity contribution in [2.45, 2.75) is 32.9 Å². The van der Waals surface area contributed by atoms with Crippen molar-refractivity contribution in [3.8, 4) is 0 Å². The fourth-order valence-corrected chi connectivity index (χ4v) is 5.00. The third-order valence-corrected chi connectivity index (χ3v) is 7.09. The van der Waals surface area contributed by atoms with Crippen LogP contribution in [-0.4, -0.2) is 27.8 Å². The second kappa shape index (κ2) is 9.04. The van der Waals surface area contributed by atoms with E-state index in [1.54, 1.807) is 11.3 Å². The molecule has 0 aliphatic heterocycles. The third kappa shape index (κ3) is 4.92. The first-order valence-corrected chi connectivity index (χ1v) is 11.5. The molecular formula is C23H24N4OS2. The van der Waals surface area contributed by atoms with Gasteiger partial charge >= 0.3 is 0 Å². The van der Waals surface area contributed by atoms with Crippen molar-refractivity contribution in [2.24, 2.45) is 0 Å². The second-order valence-corrected chi connectivity index (χ2v) is 9.44. The number of aryl methyl sites for hydroxylation is 1. The van der Waals surface area contributed by atoms with Crippen LogP contribution in [0.3, 0.4) is 0 Å². The number of aromatic nitrogens is 2. The summed E-state index contributed by atoms with van der Waals surface area (Å²) in [6, 6.07) is 16.2. The number of rotatable bonds is 7. The van der Waals surface area contributed by atoms with Gasteiger partial charge < -0.3 is 5.32 Å². The van der Waals surface area contributed by atoms with Crippen molar-refractivity contribution in [2.75, 3.05) is 12.4 Å². The minimum Gasteiger partial charge on any atom is -0.326 e. The number of anilines is 1. The smallest absolute Gasteiger partial charge is 0.231 e. The van der Waals surface area contributed by atoms with Crippen LogP contribution in [0, 0.1) is 6.92 Å². The van der Waals surface area contributed by atoms with Crippen LogP contribution in [0.1, 0.15) is 34.2 Å². The number of benzene rings is 2. The van der Waals surface area contributed by atoms with E-state index < -0.39 is 0 Å². The minimum absolute atomic E-state index is 0.0454. The van der Waals surface area contributed by atoms with Crippen LogP contribution < -0.4 is 5.32 Å². The number of hydrogen-bond donors (Lipinski definition) is 1. The molecule has 0 saturated carbocycles. The first-order chi connectivity index (χ1) is 14.5. The predicted molar refractivity (Wildman–Crippen MR) is 125 cm³/mol. The molecule has 7 heteroatoms. The highest BCUT2D eigenvalue weighted by Gasteiger charge is 2.18. The van der Waals surface area contributed by atoms with E-state index in [9.17, 15) is 4.79 Å². The Morgan fingerprint density at radius 2 is 1.90 bits per heavy atom. The van der Waals surface area contributed by atoms with Gasteiger partial charge in [0.25, 0.3) is 0 Å². The quantitative estimate of drug-likeness (QED) is 0.419. The lowest BCUT2D eigenvalue weighted by Gasteiger charge is -2.21. The van der Waals surface area contributed by atoms with E-state index in [1.165, 1.54) is 21.6 Å². The Balaban J connectivity index is 1.35. The predicted octanol–water partition coefficient (Wildman–Crippen LogP) is 5.44. The zero-order valence-electron chi connectivity index (χ0n) is 17.3. The summed E-state index contributed by atoms with van der Waals surface area (Å²) in [5.74, 6) is -0.0454. The molecule has 2 aromatic heterocycles. The molecule has 0 aliphatic rings. The van der Waals surface area contributed by atoms with E-state index in [0.29, 0.717) is 6.54 Å². The molecule has 0 spiro atoms. The van der Waals surface area contributed by atoms with Crippen LogP contribution in [0.25, 0.3) is 10.2 Å². The summed E-state index contributed by atoms with van der Waals surface area (Å²) in [5.41, 5.74) is 4.01. The molecular weight excluding hydrogens is 412 g/mol. The van der Waals surface area contributed by atoms with Gasteiger partial charge in [0.15, 0.2) is 0 Å². The Morgan fingerprint density at radius 1 is 1.13 bits per heavy atom. The van der Waals surface area contributed by atoms with E-state index in [2.05, 4.69) is 41.3 Å². The van der Waals surface area contributed by atoms with Gasteiger partial charge in [-0.15, -0.1) is 22.7 Å². The average Bonchev–Trinajstić information content (AvgIpc) is 3.35. The first kappa shape index (κ1) is 20.7. The van der Waals surface area contributed by atoms with Crippen molar-refractivity contribution in [3.63, 3.8) is 0 Å². The summed E-state index contributed by atoms with van der Waals surface area (Å²) in [5, 5.41) is 6.90. The van der Waals surface area contributed by atoms with Crippen LogP contribution in [-0.2, 0) is 17.8 Å². The number of carbonyl (C=O) groups excluding carboxylic acids is 1. The van der Waals surface area contributed by atoms with Gasteiger partial charge in [0.1, 0.15) is 10.0 Å². The molecule has 0 saturated heterocycles. The second-order valence-electron chi connectivity index (χ2n) is 7.43. The van der Waals surface area contributed by atoms with Crippen molar-refractivity contribution in [1.82, 2.24) is 14.9 Å². The molecule has 0 fully saturated rings. The number of hydrogen-bond acceptors (Lipinski definition) is 6. The molecule has 4 aromatic rings. The van der Waals surface area contributed by atoms with Crippen molar-refractivity contribution >= 4 is 44.5 Å². The maximum absolute atomic E-state index is 12.3. The number of para-hydroxylation sites is 1. The molecule has 4 rings (SSSR count). The fraction of sp³-hybridized carbons (Fsp3) is 0.261. The highest BCUT2D eigenvalue weighted by Crippen LogP contribution is 2.29. The number of amides is 1. The molecule has 1 amide bonds. The highest BCUT2D eigenvalue weighted by atomic mass is 32.1. The number of carbonyl (C=O) groups is 1. The highest BCUT2D eigenvalue weighted by molar-refractivity contribution is 7.18. The lowest BCUT2D eigenvalue weighted by atomic mass is 10.2. The van der Waals surface area contributed by atoms with Crippen LogP contribution in [0.2, 0.25) is 0 Å². The number of nitrogens with one attached hydrogen (secondary N) is 1. The van der Waals surface area contributed by atoms with Crippen molar-refractivity contribution < 1.29 is 4.79 Å². The summed E-state index contributed by atoms with van der Waals surface area (Å²) in [6.45, 7) is 4.91. The number of nitrogens with zero attached hydrogens (tertiary/aromatic N) is 3. The van der Waals surface area contributed by atoms with Gasteiger partial charge in [-0.25, -0.2) is 9.97 Å². The van der Waals surface area contributed by atoms with Gasteiger partial charge in [-0.05, 0) is 45.2 Å². The van der Waals surface area contributed by atoms with Gasteiger partial charge in [-0.1, -0.05) is 29.8 Å². The fourth-order valence-electron chi connectivity index (χ4n) is 3.13. The molecule has 0 bridgehead atoms. The zero-order valence-corrected chi connectivity index (χ0v) is 18.9. The maximum Gasteiger partial charge on any atom is 0.231 e. The van der Waals surface area contributed by atoms with Crippen molar-refractivity contribution in [3.05, 3.63) is 75.2 Å². The molecule has 0 aliphatic carbocycles. The zero-order chi connectivity index (χ0) is 21.1. The summed E-state index contributed by atoms with van der Waals surface area (Å²) in [7, 11) is 2.08. The molecule has 2 heterocycles. The summed E-state index contributed by atoms with van der Waals surface area (Å²) in [4.78, 5) is 24.0. The first-order valence-electron chi connectivity index (χ1n) is 9.83.